The lowest BCUT2D eigenvalue weighted by Crippen LogP contribution is -2.48. The molecule has 1 N–H and O–H groups in total. The summed E-state index contributed by atoms with van der Waals surface area (Å²) in [6.07, 6.45) is 3.74. The first-order chi connectivity index (χ1) is 9.81. The van der Waals surface area contributed by atoms with Crippen LogP contribution in [0.1, 0.15) is 12.5 Å². The van der Waals surface area contributed by atoms with Crippen molar-refractivity contribution in [1.82, 2.24) is 15.2 Å². The molecule has 1 fully saturated rings. The summed E-state index contributed by atoms with van der Waals surface area (Å²) in [5.74, 6) is 0. The molecule has 1 aromatic heterocycles. The van der Waals surface area contributed by atoms with Gasteiger partial charge >= 0.3 is 0 Å². The maximum Gasteiger partial charge on any atom is 0.0346 e. The van der Waals surface area contributed by atoms with E-state index in [0.717, 1.165) is 26.2 Å². The average Bonchev–Trinajstić information content (AvgIpc) is 2.48. The number of benzene rings is 1. The maximum absolute atomic E-state index is 4.20. The molecule has 0 radical (unpaired) electrons. The summed E-state index contributed by atoms with van der Waals surface area (Å²) < 4.78 is 0. The third kappa shape index (κ3) is 4.27. The Bertz CT molecular complexity index is 559. The second-order valence-electron chi connectivity index (χ2n) is 5.53. The van der Waals surface area contributed by atoms with Crippen LogP contribution in [0.2, 0.25) is 0 Å². The molecule has 0 aliphatic carbocycles. The zero-order valence-corrected chi connectivity index (χ0v) is 13.1. The van der Waals surface area contributed by atoms with E-state index in [9.17, 15) is 0 Å². The molecule has 2 aromatic rings. The molecule has 3 rings (SSSR count). The summed E-state index contributed by atoms with van der Waals surface area (Å²) >= 11 is 0. The minimum Gasteiger partial charge on any atom is -0.312 e. The zero-order chi connectivity index (χ0) is 13.8. The van der Waals surface area contributed by atoms with Gasteiger partial charge in [-0.15, -0.1) is 12.4 Å². The Morgan fingerprint density at radius 2 is 2.10 bits per heavy atom. The molecule has 21 heavy (non-hydrogen) atoms. The summed E-state index contributed by atoms with van der Waals surface area (Å²) in [7, 11) is 0. The number of piperazine rings is 1. The zero-order valence-electron chi connectivity index (χ0n) is 12.3. The van der Waals surface area contributed by atoms with Gasteiger partial charge in [0.05, 0.1) is 0 Å². The fourth-order valence-electron chi connectivity index (χ4n) is 2.80. The Kier molecular flexibility index (Phi) is 5.74. The van der Waals surface area contributed by atoms with E-state index in [1.54, 1.807) is 0 Å². The second kappa shape index (κ2) is 7.55. The molecule has 1 atom stereocenters. The Morgan fingerprint density at radius 1 is 1.24 bits per heavy atom. The highest BCUT2D eigenvalue weighted by molar-refractivity contribution is 5.85. The van der Waals surface area contributed by atoms with Crippen LogP contribution in [0.25, 0.3) is 11.1 Å². The lowest BCUT2D eigenvalue weighted by atomic mass is 10.0. The van der Waals surface area contributed by atoms with Crippen molar-refractivity contribution in [3.8, 4) is 11.1 Å². The number of nitrogens with one attached hydrogen (secondary N) is 1. The van der Waals surface area contributed by atoms with Gasteiger partial charge < -0.3 is 5.32 Å². The topological polar surface area (TPSA) is 28.2 Å². The predicted molar refractivity (Wildman–Crippen MR) is 89.7 cm³/mol. The molecule has 0 saturated carbocycles. The molecule has 0 bridgehead atoms. The molecule has 1 saturated heterocycles. The molecule has 3 nitrogen and oxygen atoms in total. The van der Waals surface area contributed by atoms with Crippen LogP contribution in [0.3, 0.4) is 0 Å². The van der Waals surface area contributed by atoms with E-state index in [4.69, 9.17) is 0 Å². The van der Waals surface area contributed by atoms with Crippen LogP contribution in [0.15, 0.2) is 48.8 Å². The Morgan fingerprint density at radius 3 is 2.86 bits per heavy atom. The van der Waals surface area contributed by atoms with Gasteiger partial charge in [-0.05, 0) is 35.7 Å². The minimum atomic E-state index is 0. The van der Waals surface area contributed by atoms with Crippen molar-refractivity contribution in [2.45, 2.75) is 19.5 Å². The van der Waals surface area contributed by atoms with Crippen molar-refractivity contribution < 1.29 is 0 Å². The van der Waals surface area contributed by atoms with Crippen LogP contribution >= 0.6 is 12.4 Å². The number of pyridine rings is 1. The number of hydrogen-bond donors (Lipinski definition) is 1. The van der Waals surface area contributed by atoms with Crippen molar-refractivity contribution >= 4 is 12.4 Å². The number of rotatable bonds is 3. The van der Waals surface area contributed by atoms with E-state index in [0.29, 0.717) is 6.04 Å². The molecule has 0 spiro atoms. The highest BCUT2D eigenvalue weighted by Crippen LogP contribution is 2.20. The predicted octanol–water partition coefficient (Wildman–Crippen LogP) is 2.96. The largest absolute Gasteiger partial charge is 0.312 e. The number of aromatic nitrogens is 1. The lowest BCUT2D eigenvalue weighted by molar-refractivity contribution is 0.199. The molecule has 1 aliphatic rings. The fraction of sp³-hybridized carbons (Fsp3) is 0.353. The molecule has 112 valence electrons. The maximum atomic E-state index is 4.20. The minimum absolute atomic E-state index is 0. The van der Waals surface area contributed by atoms with E-state index in [1.165, 1.54) is 16.7 Å². The van der Waals surface area contributed by atoms with Gasteiger partial charge in [0, 0.05) is 44.6 Å². The summed E-state index contributed by atoms with van der Waals surface area (Å²) in [6.45, 7) is 6.61. The van der Waals surface area contributed by atoms with Crippen LogP contribution in [0.4, 0.5) is 0 Å². The van der Waals surface area contributed by atoms with E-state index >= 15 is 0 Å². The van der Waals surface area contributed by atoms with E-state index in [-0.39, 0.29) is 12.4 Å². The summed E-state index contributed by atoms with van der Waals surface area (Å²) in [5, 5.41) is 3.49. The summed E-state index contributed by atoms with van der Waals surface area (Å²) in [5.41, 5.74) is 3.81. The highest BCUT2D eigenvalue weighted by atomic mass is 35.5. The van der Waals surface area contributed by atoms with E-state index < -0.39 is 0 Å². The van der Waals surface area contributed by atoms with Crippen LogP contribution in [0.5, 0.6) is 0 Å². The molecule has 1 aromatic carbocycles. The molecule has 0 amide bonds. The third-order valence-corrected chi connectivity index (χ3v) is 3.78. The van der Waals surface area contributed by atoms with Gasteiger partial charge in [-0.25, -0.2) is 0 Å². The third-order valence-electron chi connectivity index (χ3n) is 3.78. The SMILES string of the molecule is C[C@@H]1CN(Cc2cccc(-c3cccnc3)c2)CCN1.Cl. The Balaban J connectivity index is 0.00000161. The van der Waals surface area contributed by atoms with Crippen LogP contribution in [-0.2, 0) is 6.54 Å². The molecule has 2 heterocycles. The highest BCUT2D eigenvalue weighted by Gasteiger charge is 2.15. The first kappa shape index (κ1) is 16.0. The van der Waals surface area contributed by atoms with Crippen molar-refractivity contribution in [2.24, 2.45) is 0 Å². The summed E-state index contributed by atoms with van der Waals surface area (Å²) in [4.78, 5) is 6.72. The van der Waals surface area contributed by atoms with E-state index in [1.807, 2.05) is 18.5 Å². The van der Waals surface area contributed by atoms with Crippen molar-refractivity contribution in [3.05, 3.63) is 54.4 Å². The van der Waals surface area contributed by atoms with Gasteiger partial charge in [-0.3, -0.25) is 9.88 Å². The molecule has 1 aliphatic heterocycles. The second-order valence-corrected chi connectivity index (χ2v) is 5.53. The molecular weight excluding hydrogens is 282 g/mol. The van der Waals surface area contributed by atoms with Crippen molar-refractivity contribution in [1.29, 1.82) is 0 Å². The quantitative estimate of drug-likeness (QED) is 0.945. The van der Waals surface area contributed by atoms with Crippen molar-refractivity contribution in [2.75, 3.05) is 19.6 Å². The fourth-order valence-corrected chi connectivity index (χ4v) is 2.80. The van der Waals surface area contributed by atoms with Crippen LogP contribution in [0, 0.1) is 0 Å². The normalized spacial score (nSPS) is 19.0. The van der Waals surface area contributed by atoms with Gasteiger partial charge in [0.25, 0.3) is 0 Å². The molecule has 4 heteroatoms. The molecule has 0 unspecified atom stereocenters. The number of halogens is 1. The van der Waals surface area contributed by atoms with Gasteiger partial charge in [0.1, 0.15) is 0 Å². The van der Waals surface area contributed by atoms with Gasteiger partial charge in [-0.2, -0.15) is 0 Å². The number of nitrogens with zero attached hydrogens (tertiary/aromatic N) is 2. The van der Waals surface area contributed by atoms with Crippen molar-refractivity contribution in [3.63, 3.8) is 0 Å². The lowest BCUT2D eigenvalue weighted by Gasteiger charge is -2.31. The van der Waals surface area contributed by atoms with Crippen LogP contribution < -0.4 is 5.32 Å². The first-order valence-corrected chi connectivity index (χ1v) is 7.26. The smallest absolute Gasteiger partial charge is 0.0346 e. The first-order valence-electron chi connectivity index (χ1n) is 7.26. The van der Waals surface area contributed by atoms with Gasteiger partial charge in [0.2, 0.25) is 0 Å². The Labute approximate surface area is 132 Å². The van der Waals surface area contributed by atoms with Gasteiger partial charge in [0.15, 0.2) is 0 Å². The van der Waals surface area contributed by atoms with E-state index in [2.05, 4.69) is 52.5 Å². The standard InChI is InChI=1S/C17H21N3.ClH/c1-14-12-20(9-8-19-14)13-15-4-2-5-16(10-15)17-6-3-7-18-11-17;/h2-7,10-11,14,19H,8-9,12-13H2,1H3;1H/t14-;/m1./s1. The number of hydrogen-bond acceptors (Lipinski definition) is 3. The molecular formula is C17H22ClN3. The summed E-state index contributed by atoms with van der Waals surface area (Å²) in [6, 6.07) is 13.5. The van der Waals surface area contributed by atoms with Gasteiger partial charge in [-0.1, -0.05) is 24.3 Å². The van der Waals surface area contributed by atoms with Crippen LogP contribution in [-0.4, -0.2) is 35.6 Å². The Hall–Kier alpha value is -1.42. The monoisotopic (exact) mass is 303 g/mol. The average molecular weight is 304 g/mol.